The number of hydrogen-bond donors (Lipinski definition) is 2. The highest BCUT2D eigenvalue weighted by atomic mass is 16.5. The summed E-state index contributed by atoms with van der Waals surface area (Å²) in [6.07, 6.45) is 0.610. The maximum absolute atomic E-state index is 10.3. The van der Waals surface area contributed by atoms with Crippen LogP contribution in [0.4, 0.5) is 0 Å². The maximum Gasteiger partial charge on any atom is 0.122 e. The van der Waals surface area contributed by atoms with Gasteiger partial charge >= 0.3 is 0 Å². The van der Waals surface area contributed by atoms with E-state index in [1.807, 2.05) is 42.5 Å². The Morgan fingerprint density at radius 2 is 1.07 bits per heavy atom. The maximum atomic E-state index is 10.3. The van der Waals surface area contributed by atoms with E-state index in [-0.39, 0.29) is 16.9 Å². The van der Waals surface area contributed by atoms with Gasteiger partial charge in [-0.2, -0.15) is 0 Å². The van der Waals surface area contributed by atoms with Gasteiger partial charge in [0.1, 0.15) is 23.0 Å². The van der Waals surface area contributed by atoms with Crippen LogP contribution in [0.1, 0.15) is 58.4 Å². The van der Waals surface area contributed by atoms with Crippen molar-refractivity contribution in [2.75, 3.05) is 14.2 Å². The van der Waals surface area contributed by atoms with Crippen LogP contribution in [-0.4, -0.2) is 24.4 Å². The first-order valence-electron chi connectivity index (χ1n) is 14.6. The number of hydrogen-bond acceptors (Lipinski definition) is 4. The predicted octanol–water partition coefficient (Wildman–Crippen LogP) is 8.63. The van der Waals surface area contributed by atoms with Crippen LogP contribution in [0.5, 0.6) is 23.0 Å². The number of rotatable bonds is 9. The molecule has 5 rings (SSSR count). The highest BCUT2D eigenvalue weighted by Crippen LogP contribution is 2.47. The second kappa shape index (κ2) is 11.9. The molecule has 0 spiro atoms. The Balaban J connectivity index is 1.85. The van der Waals surface area contributed by atoms with Gasteiger partial charge in [0.25, 0.3) is 0 Å². The van der Waals surface area contributed by atoms with E-state index < -0.39 is 5.41 Å². The minimum atomic E-state index is -0.653. The molecule has 0 radical (unpaired) electrons. The lowest BCUT2D eigenvalue weighted by Gasteiger charge is -2.39. The molecule has 220 valence electrons. The van der Waals surface area contributed by atoms with Gasteiger partial charge in [-0.3, -0.25) is 0 Å². The molecular weight excluding hydrogens is 532 g/mol. The summed E-state index contributed by atoms with van der Waals surface area (Å²) in [6.45, 7) is 8.86. The van der Waals surface area contributed by atoms with Gasteiger partial charge in [0.2, 0.25) is 0 Å². The van der Waals surface area contributed by atoms with E-state index in [1.54, 1.807) is 38.5 Å². The van der Waals surface area contributed by atoms with E-state index in [0.717, 1.165) is 39.3 Å². The Morgan fingerprint density at radius 1 is 0.581 bits per heavy atom. The molecule has 4 nitrogen and oxygen atoms in total. The van der Waals surface area contributed by atoms with Crippen LogP contribution in [0.25, 0.3) is 0 Å². The van der Waals surface area contributed by atoms with Crippen LogP contribution in [-0.2, 0) is 17.3 Å². The Hall–Kier alpha value is -4.70. The van der Waals surface area contributed by atoms with E-state index in [0.29, 0.717) is 6.42 Å². The highest BCUT2D eigenvalue weighted by Gasteiger charge is 2.40. The number of phenolic OH excluding ortho intramolecular Hbond substituents is 2. The fourth-order valence-corrected chi connectivity index (χ4v) is 6.63. The quantitative estimate of drug-likeness (QED) is 0.174. The van der Waals surface area contributed by atoms with Gasteiger partial charge in [0, 0.05) is 10.8 Å². The molecule has 43 heavy (non-hydrogen) atoms. The molecule has 4 heteroatoms. The van der Waals surface area contributed by atoms with Gasteiger partial charge in [0.15, 0.2) is 0 Å². The monoisotopic (exact) mass is 572 g/mol. The van der Waals surface area contributed by atoms with Crippen molar-refractivity contribution in [3.8, 4) is 23.0 Å². The Labute approximate surface area is 255 Å². The summed E-state index contributed by atoms with van der Waals surface area (Å²) < 4.78 is 11.4. The number of aromatic hydroxyl groups is 2. The van der Waals surface area contributed by atoms with Crippen molar-refractivity contribution in [3.63, 3.8) is 0 Å². The van der Waals surface area contributed by atoms with Gasteiger partial charge < -0.3 is 19.7 Å². The second-order valence-electron chi connectivity index (χ2n) is 11.8. The molecule has 0 saturated heterocycles. The molecule has 5 aromatic carbocycles. The second-order valence-corrected chi connectivity index (χ2v) is 11.8. The zero-order valence-electron chi connectivity index (χ0n) is 25.8. The fourth-order valence-electron chi connectivity index (χ4n) is 6.63. The van der Waals surface area contributed by atoms with E-state index in [4.69, 9.17) is 9.47 Å². The molecule has 0 saturated carbocycles. The Morgan fingerprint density at radius 3 is 1.56 bits per heavy atom. The molecule has 2 N–H and O–H groups in total. The smallest absolute Gasteiger partial charge is 0.122 e. The summed E-state index contributed by atoms with van der Waals surface area (Å²) in [6, 6.07) is 36.0. The summed E-state index contributed by atoms with van der Waals surface area (Å²) in [5.74, 6) is 2.10. The molecular formula is C39H40O4. The minimum Gasteiger partial charge on any atom is -0.508 e. The molecule has 0 aromatic heterocycles. The van der Waals surface area contributed by atoms with Crippen LogP contribution in [0, 0.1) is 13.8 Å². The van der Waals surface area contributed by atoms with Crippen LogP contribution < -0.4 is 9.47 Å². The number of phenols is 2. The van der Waals surface area contributed by atoms with Crippen molar-refractivity contribution in [3.05, 3.63) is 154 Å². The summed E-state index contributed by atoms with van der Waals surface area (Å²) in [5.41, 5.74) is 8.06. The van der Waals surface area contributed by atoms with Crippen molar-refractivity contribution in [2.24, 2.45) is 0 Å². The fraction of sp³-hybridized carbons (Fsp3) is 0.231. The van der Waals surface area contributed by atoms with Crippen molar-refractivity contribution in [1.82, 2.24) is 0 Å². The largest absolute Gasteiger partial charge is 0.508 e. The van der Waals surface area contributed by atoms with Crippen LogP contribution in [0.2, 0.25) is 0 Å². The first-order valence-corrected chi connectivity index (χ1v) is 14.6. The molecule has 0 aliphatic carbocycles. The molecule has 0 atom stereocenters. The standard InChI is InChI=1S/C39H40O4/c1-26-27(2)37(38(3,4)29-16-22-35(42-5)23-17-29)28(24-36(26)43-6)25-39(30-10-8-7-9-11-30,31-12-18-33(40)19-13-31)32-14-20-34(41)21-15-32/h7-24,40-41H,25H2,1-6H3. The third kappa shape index (κ3) is 5.46. The predicted molar refractivity (Wildman–Crippen MR) is 174 cm³/mol. The molecule has 0 amide bonds. The van der Waals surface area contributed by atoms with E-state index in [1.165, 1.54) is 16.7 Å². The SMILES string of the molecule is COc1ccc(C(C)(C)c2c(CC(c3ccccc3)(c3ccc(O)cc3)c3ccc(O)cc3)cc(OC)c(C)c2C)cc1. The van der Waals surface area contributed by atoms with Crippen molar-refractivity contribution < 1.29 is 19.7 Å². The van der Waals surface area contributed by atoms with Gasteiger partial charge in [-0.15, -0.1) is 0 Å². The number of methoxy groups -OCH3 is 2. The average Bonchev–Trinajstić information content (AvgIpc) is 3.02. The summed E-state index contributed by atoms with van der Waals surface area (Å²) in [5, 5.41) is 20.6. The third-order valence-corrected chi connectivity index (χ3v) is 9.03. The van der Waals surface area contributed by atoms with Gasteiger partial charge in [-0.05, 0) is 107 Å². The Bertz CT molecular complexity index is 1640. The van der Waals surface area contributed by atoms with Crippen LogP contribution >= 0.6 is 0 Å². The number of ether oxygens (including phenoxy) is 2. The normalized spacial score (nSPS) is 11.8. The highest BCUT2D eigenvalue weighted by molar-refractivity contribution is 5.59. The molecule has 0 fully saturated rings. The topological polar surface area (TPSA) is 58.9 Å². The molecule has 5 aromatic rings. The van der Waals surface area contributed by atoms with Crippen molar-refractivity contribution >= 4 is 0 Å². The summed E-state index contributed by atoms with van der Waals surface area (Å²) >= 11 is 0. The van der Waals surface area contributed by atoms with E-state index >= 15 is 0 Å². The van der Waals surface area contributed by atoms with E-state index in [2.05, 4.69) is 70.2 Å². The minimum absolute atomic E-state index is 0.214. The summed E-state index contributed by atoms with van der Waals surface area (Å²) in [4.78, 5) is 0. The third-order valence-electron chi connectivity index (χ3n) is 9.03. The number of benzene rings is 5. The lowest BCUT2D eigenvalue weighted by Crippen LogP contribution is -2.34. The zero-order chi connectivity index (χ0) is 30.8. The van der Waals surface area contributed by atoms with Gasteiger partial charge in [-0.1, -0.05) is 80.6 Å². The summed E-state index contributed by atoms with van der Waals surface area (Å²) in [7, 11) is 3.41. The van der Waals surface area contributed by atoms with Crippen LogP contribution in [0.15, 0.2) is 109 Å². The lowest BCUT2D eigenvalue weighted by molar-refractivity contribution is 0.409. The first kappa shape index (κ1) is 29.8. The van der Waals surface area contributed by atoms with Crippen LogP contribution in [0.3, 0.4) is 0 Å². The van der Waals surface area contributed by atoms with Crippen molar-refractivity contribution in [2.45, 2.75) is 44.9 Å². The molecule has 0 heterocycles. The van der Waals surface area contributed by atoms with Crippen molar-refractivity contribution in [1.29, 1.82) is 0 Å². The molecule has 0 unspecified atom stereocenters. The lowest BCUT2D eigenvalue weighted by atomic mass is 9.63. The zero-order valence-corrected chi connectivity index (χ0v) is 25.8. The molecule has 0 aliphatic heterocycles. The Kier molecular flexibility index (Phi) is 8.23. The molecule has 0 bridgehead atoms. The van der Waals surface area contributed by atoms with Gasteiger partial charge in [0.05, 0.1) is 14.2 Å². The average molecular weight is 573 g/mol. The molecule has 0 aliphatic rings. The van der Waals surface area contributed by atoms with E-state index in [9.17, 15) is 10.2 Å². The van der Waals surface area contributed by atoms with Gasteiger partial charge in [-0.25, -0.2) is 0 Å². The first-order chi connectivity index (χ1) is 20.6.